The van der Waals surface area contributed by atoms with Gasteiger partial charge in [0.15, 0.2) is 6.10 Å². The van der Waals surface area contributed by atoms with Crippen molar-refractivity contribution in [3.05, 3.63) is 0 Å². The zero-order valence-electron chi connectivity index (χ0n) is 7.06. The maximum atomic E-state index is 10.1. The number of nitrogens with two attached hydrogens (primary N) is 1. The summed E-state index contributed by atoms with van der Waals surface area (Å²) in [6.07, 6.45) is -10.3. The minimum Gasteiger partial charge on any atom is -0.479 e. The van der Waals surface area contributed by atoms with Gasteiger partial charge in [0, 0.05) is 0 Å². The van der Waals surface area contributed by atoms with Crippen LogP contribution in [0.5, 0.6) is 0 Å². The Morgan fingerprint density at radius 2 is 1.36 bits per heavy atom. The molecule has 0 rings (SSSR count). The Balaban J connectivity index is 4.37. The molecular formula is C6H13NO7. The average Bonchev–Trinajstić information content (AvgIpc) is 2.12. The molecule has 0 radical (unpaired) electrons. The summed E-state index contributed by atoms with van der Waals surface area (Å²) in [4.78, 5) is 10.1. The lowest BCUT2D eigenvalue weighted by Crippen LogP contribution is -2.53. The highest BCUT2D eigenvalue weighted by molar-refractivity contribution is 5.72. The van der Waals surface area contributed by atoms with E-state index in [2.05, 4.69) is 0 Å². The van der Waals surface area contributed by atoms with Crippen molar-refractivity contribution in [2.45, 2.75) is 30.6 Å². The predicted octanol–water partition coefficient (Wildman–Crippen LogP) is -4.21. The number of carbonyl (C=O) groups is 1. The minimum atomic E-state index is -2.27. The summed E-state index contributed by atoms with van der Waals surface area (Å²) in [5, 5.41) is 52.5. The van der Waals surface area contributed by atoms with Crippen molar-refractivity contribution in [3.63, 3.8) is 0 Å². The summed E-state index contributed by atoms with van der Waals surface area (Å²) in [7, 11) is 0. The van der Waals surface area contributed by atoms with Gasteiger partial charge in [-0.3, -0.25) is 0 Å². The van der Waals surface area contributed by atoms with Crippen LogP contribution in [0, 0.1) is 0 Å². The molecule has 5 atom stereocenters. The Bertz CT molecular complexity index is 197. The molecule has 0 saturated carbocycles. The molecule has 0 aliphatic heterocycles. The standard InChI is InChI=1S/C6H13NO7/c7-5(12)3(10)1(8)2(9)4(11)6(13)14/h1-5,8-12H,7H2,(H,13,14)/t1-,2-,3+,4-,5?/m0/s1. The van der Waals surface area contributed by atoms with Gasteiger partial charge in [0.25, 0.3) is 0 Å². The largest absolute Gasteiger partial charge is 0.479 e. The SMILES string of the molecule is NC(O)[C@H](O)[C@@H](O)[C@H](O)[C@H](O)C(=O)O. The summed E-state index contributed by atoms with van der Waals surface area (Å²) >= 11 is 0. The van der Waals surface area contributed by atoms with Crippen LogP contribution in [0.4, 0.5) is 0 Å². The molecule has 0 spiro atoms. The first-order chi connectivity index (χ1) is 6.29. The molecule has 0 aliphatic carbocycles. The van der Waals surface area contributed by atoms with E-state index in [9.17, 15) is 4.79 Å². The van der Waals surface area contributed by atoms with E-state index in [4.69, 9.17) is 36.4 Å². The van der Waals surface area contributed by atoms with E-state index in [0.717, 1.165) is 0 Å². The molecule has 1 unspecified atom stereocenters. The van der Waals surface area contributed by atoms with E-state index in [1.807, 2.05) is 0 Å². The van der Waals surface area contributed by atoms with Gasteiger partial charge in [-0.1, -0.05) is 0 Å². The summed E-state index contributed by atoms with van der Waals surface area (Å²) in [6.45, 7) is 0. The molecule has 8 heteroatoms. The lowest BCUT2D eigenvalue weighted by atomic mass is 10.0. The van der Waals surface area contributed by atoms with Gasteiger partial charge in [-0.05, 0) is 0 Å². The van der Waals surface area contributed by atoms with E-state index < -0.39 is 36.6 Å². The topological polar surface area (TPSA) is 164 Å². The van der Waals surface area contributed by atoms with Gasteiger partial charge in [0.2, 0.25) is 0 Å². The van der Waals surface area contributed by atoms with Crippen LogP contribution >= 0.6 is 0 Å². The van der Waals surface area contributed by atoms with Crippen molar-refractivity contribution in [1.29, 1.82) is 0 Å². The van der Waals surface area contributed by atoms with Crippen molar-refractivity contribution in [3.8, 4) is 0 Å². The predicted molar refractivity (Wildman–Crippen MR) is 41.9 cm³/mol. The molecule has 0 aliphatic rings. The van der Waals surface area contributed by atoms with Crippen LogP contribution in [0.15, 0.2) is 0 Å². The number of aliphatic hydroxyl groups is 5. The fraction of sp³-hybridized carbons (Fsp3) is 0.833. The Morgan fingerprint density at radius 1 is 0.929 bits per heavy atom. The van der Waals surface area contributed by atoms with Crippen LogP contribution in [-0.4, -0.2) is 67.3 Å². The van der Waals surface area contributed by atoms with Gasteiger partial charge in [0.05, 0.1) is 0 Å². The number of aliphatic hydroxyl groups excluding tert-OH is 5. The monoisotopic (exact) mass is 211 g/mol. The Labute approximate surface area is 78.8 Å². The summed E-state index contributed by atoms with van der Waals surface area (Å²) in [6, 6.07) is 0. The molecule has 0 aromatic rings. The molecule has 8 N–H and O–H groups in total. The van der Waals surface area contributed by atoms with Crippen LogP contribution in [0.25, 0.3) is 0 Å². The Kier molecular flexibility index (Phi) is 4.91. The van der Waals surface area contributed by atoms with Crippen LogP contribution in [0.2, 0.25) is 0 Å². The second kappa shape index (κ2) is 5.20. The second-order valence-electron chi connectivity index (χ2n) is 2.75. The van der Waals surface area contributed by atoms with E-state index in [1.165, 1.54) is 0 Å². The lowest BCUT2D eigenvalue weighted by molar-refractivity contribution is -0.167. The van der Waals surface area contributed by atoms with Gasteiger partial charge in [0.1, 0.15) is 24.5 Å². The maximum Gasteiger partial charge on any atom is 0.335 e. The van der Waals surface area contributed by atoms with E-state index in [-0.39, 0.29) is 0 Å². The molecule has 0 aromatic carbocycles. The molecule has 0 aromatic heterocycles. The molecule has 0 saturated heterocycles. The summed E-state index contributed by atoms with van der Waals surface area (Å²) in [5.41, 5.74) is 4.76. The van der Waals surface area contributed by atoms with Crippen LogP contribution in [0.3, 0.4) is 0 Å². The van der Waals surface area contributed by atoms with Gasteiger partial charge >= 0.3 is 5.97 Å². The Hall–Kier alpha value is -0.770. The highest BCUT2D eigenvalue weighted by atomic mass is 16.4. The normalized spacial score (nSPS) is 22.1. The number of carboxylic acid groups (broad SMARTS) is 1. The maximum absolute atomic E-state index is 10.1. The smallest absolute Gasteiger partial charge is 0.335 e. The summed E-state index contributed by atoms with van der Waals surface area (Å²) in [5.74, 6) is -1.77. The first-order valence-electron chi connectivity index (χ1n) is 3.67. The van der Waals surface area contributed by atoms with Crippen molar-refractivity contribution in [2.75, 3.05) is 0 Å². The van der Waals surface area contributed by atoms with Crippen molar-refractivity contribution in [2.24, 2.45) is 5.73 Å². The van der Waals surface area contributed by atoms with Crippen molar-refractivity contribution < 1.29 is 35.4 Å². The third kappa shape index (κ3) is 3.18. The number of hydrogen-bond donors (Lipinski definition) is 7. The third-order valence-corrected chi connectivity index (χ3v) is 1.63. The molecule has 8 nitrogen and oxygen atoms in total. The van der Waals surface area contributed by atoms with Gasteiger partial charge in [-0.15, -0.1) is 0 Å². The molecule has 0 amide bonds. The fourth-order valence-electron chi connectivity index (χ4n) is 0.737. The zero-order valence-corrected chi connectivity index (χ0v) is 7.06. The first kappa shape index (κ1) is 13.2. The lowest BCUT2D eigenvalue weighted by Gasteiger charge is -2.25. The number of carboxylic acids is 1. The second-order valence-corrected chi connectivity index (χ2v) is 2.75. The number of rotatable bonds is 5. The van der Waals surface area contributed by atoms with Crippen LogP contribution in [-0.2, 0) is 4.79 Å². The van der Waals surface area contributed by atoms with Gasteiger partial charge in [-0.25, -0.2) is 4.79 Å². The van der Waals surface area contributed by atoms with E-state index in [0.29, 0.717) is 0 Å². The van der Waals surface area contributed by atoms with Gasteiger partial charge in [-0.2, -0.15) is 0 Å². The summed E-state index contributed by atoms with van der Waals surface area (Å²) < 4.78 is 0. The first-order valence-corrected chi connectivity index (χ1v) is 3.67. The quantitative estimate of drug-likeness (QED) is 0.225. The highest BCUT2D eigenvalue weighted by Crippen LogP contribution is 2.06. The van der Waals surface area contributed by atoms with E-state index >= 15 is 0 Å². The van der Waals surface area contributed by atoms with Crippen LogP contribution < -0.4 is 5.73 Å². The average molecular weight is 211 g/mol. The van der Waals surface area contributed by atoms with Crippen LogP contribution in [0.1, 0.15) is 0 Å². The third-order valence-electron chi connectivity index (χ3n) is 1.63. The van der Waals surface area contributed by atoms with Crippen molar-refractivity contribution in [1.82, 2.24) is 0 Å². The van der Waals surface area contributed by atoms with E-state index in [1.54, 1.807) is 0 Å². The zero-order chi connectivity index (χ0) is 11.5. The molecule has 0 heterocycles. The highest BCUT2D eigenvalue weighted by Gasteiger charge is 2.36. The van der Waals surface area contributed by atoms with Gasteiger partial charge < -0.3 is 36.4 Å². The fourth-order valence-corrected chi connectivity index (χ4v) is 0.737. The molecule has 14 heavy (non-hydrogen) atoms. The molecule has 84 valence electrons. The minimum absolute atomic E-state index is 1.77. The molecule has 0 bridgehead atoms. The molecular weight excluding hydrogens is 198 g/mol. The number of aliphatic carboxylic acids is 1. The molecule has 0 fully saturated rings. The Morgan fingerprint density at radius 3 is 1.64 bits per heavy atom. The number of hydrogen-bond acceptors (Lipinski definition) is 7. The van der Waals surface area contributed by atoms with Crippen molar-refractivity contribution >= 4 is 5.97 Å².